The zero-order chi connectivity index (χ0) is 13.2. The molecule has 1 aromatic rings. The van der Waals surface area contributed by atoms with E-state index >= 15 is 0 Å². The van der Waals surface area contributed by atoms with Gasteiger partial charge < -0.3 is 15.8 Å². The van der Waals surface area contributed by atoms with Crippen molar-refractivity contribution in [3.8, 4) is 0 Å². The quantitative estimate of drug-likeness (QED) is 0.376. The first-order valence-electron chi connectivity index (χ1n) is 5.86. The second-order valence-electron chi connectivity index (χ2n) is 4.66. The van der Waals surface area contributed by atoms with Crippen molar-refractivity contribution in [3.05, 3.63) is 22.4 Å². The first-order valence-corrected chi connectivity index (χ1v) is 6.74. The molecular formula is C12H17N3O2S. The van der Waals surface area contributed by atoms with Gasteiger partial charge in [-0.25, -0.2) is 0 Å². The molecule has 0 atom stereocenters. The number of nitrogens with zero attached hydrogens (tertiary/aromatic N) is 2. The second kappa shape index (κ2) is 4.97. The maximum Gasteiger partial charge on any atom is 0.236 e. The Morgan fingerprint density at radius 2 is 2.39 bits per heavy atom. The van der Waals surface area contributed by atoms with Gasteiger partial charge in [-0.2, -0.15) is 0 Å². The van der Waals surface area contributed by atoms with Crippen LogP contribution in [0.3, 0.4) is 0 Å². The molecular weight excluding hydrogens is 250 g/mol. The molecule has 0 unspecified atom stereocenters. The van der Waals surface area contributed by atoms with E-state index in [1.165, 1.54) is 0 Å². The highest BCUT2D eigenvalue weighted by molar-refractivity contribution is 7.09. The fourth-order valence-electron chi connectivity index (χ4n) is 2.28. The molecule has 0 radical (unpaired) electrons. The fourth-order valence-corrected chi connectivity index (χ4v) is 3.04. The Labute approximate surface area is 110 Å². The summed E-state index contributed by atoms with van der Waals surface area (Å²) < 4.78 is 0. The summed E-state index contributed by atoms with van der Waals surface area (Å²) in [7, 11) is 1.76. The smallest absolute Gasteiger partial charge is 0.236 e. The Bertz CT molecular complexity index is 452. The Morgan fingerprint density at radius 1 is 1.67 bits per heavy atom. The summed E-state index contributed by atoms with van der Waals surface area (Å²) in [6.45, 7) is 0.566. The van der Waals surface area contributed by atoms with Crippen LogP contribution in [0.25, 0.3) is 0 Å². The average molecular weight is 267 g/mol. The standard InChI is InChI=1S/C12H17N3O2S/c1-15(8-9-4-2-7-18-9)11(16)12(5-3-6-12)10(13)14-17/h2,4,7,17H,3,5-6,8H2,1H3,(H2,13,14). The number of carbonyl (C=O) groups is 1. The van der Waals surface area contributed by atoms with Crippen LogP contribution in [0.2, 0.25) is 0 Å². The Kier molecular flexibility index (Phi) is 3.56. The lowest BCUT2D eigenvalue weighted by Crippen LogP contribution is -2.54. The molecule has 6 heteroatoms. The van der Waals surface area contributed by atoms with Crippen molar-refractivity contribution in [1.29, 1.82) is 0 Å². The van der Waals surface area contributed by atoms with Gasteiger partial charge in [0.2, 0.25) is 5.91 Å². The van der Waals surface area contributed by atoms with E-state index < -0.39 is 5.41 Å². The summed E-state index contributed by atoms with van der Waals surface area (Å²) >= 11 is 1.61. The highest BCUT2D eigenvalue weighted by atomic mass is 32.1. The third kappa shape index (κ3) is 2.08. The van der Waals surface area contributed by atoms with Gasteiger partial charge in [-0.3, -0.25) is 4.79 Å². The Morgan fingerprint density at radius 3 is 2.83 bits per heavy atom. The summed E-state index contributed by atoms with van der Waals surface area (Å²) in [6.07, 6.45) is 2.27. The molecule has 0 saturated heterocycles. The van der Waals surface area contributed by atoms with Gasteiger partial charge in [-0.15, -0.1) is 11.3 Å². The van der Waals surface area contributed by atoms with Gasteiger partial charge in [0.25, 0.3) is 0 Å². The predicted octanol–water partition coefficient (Wildman–Crippen LogP) is 1.62. The van der Waals surface area contributed by atoms with Gasteiger partial charge in [-0.1, -0.05) is 17.6 Å². The monoisotopic (exact) mass is 267 g/mol. The number of rotatable bonds is 4. The van der Waals surface area contributed by atoms with E-state index in [4.69, 9.17) is 10.9 Å². The van der Waals surface area contributed by atoms with E-state index in [1.54, 1.807) is 23.3 Å². The van der Waals surface area contributed by atoms with Gasteiger partial charge in [-0.05, 0) is 24.3 Å². The van der Waals surface area contributed by atoms with Gasteiger partial charge in [0.15, 0.2) is 5.84 Å². The van der Waals surface area contributed by atoms with Crippen molar-refractivity contribution >= 4 is 23.1 Å². The van der Waals surface area contributed by atoms with Crippen LogP contribution in [0.4, 0.5) is 0 Å². The molecule has 3 N–H and O–H groups in total. The predicted molar refractivity (Wildman–Crippen MR) is 70.5 cm³/mol. The number of amides is 1. The number of nitrogens with two attached hydrogens (primary N) is 1. The lowest BCUT2D eigenvalue weighted by Gasteiger charge is -2.41. The molecule has 0 bridgehead atoms. The molecule has 18 heavy (non-hydrogen) atoms. The van der Waals surface area contributed by atoms with E-state index in [0.29, 0.717) is 19.4 Å². The molecule has 98 valence electrons. The molecule has 1 amide bonds. The molecule has 1 fully saturated rings. The zero-order valence-corrected chi connectivity index (χ0v) is 11.1. The molecule has 1 aliphatic carbocycles. The molecule has 1 heterocycles. The van der Waals surface area contributed by atoms with Crippen LogP contribution in [0.15, 0.2) is 22.7 Å². The summed E-state index contributed by atoms with van der Waals surface area (Å²) in [4.78, 5) is 15.2. The normalized spacial score (nSPS) is 18.2. The minimum Gasteiger partial charge on any atom is -0.409 e. The molecule has 1 aromatic heterocycles. The number of oxime groups is 1. The van der Waals surface area contributed by atoms with Crippen molar-refractivity contribution < 1.29 is 10.0 Å². The minimum absolute atomic E-state index is 0.0387. The maximum absolute atomic E-state index is 12.4. The minimum atomic E-state index is -0.777. The topological polar surface area (TPSA) is 78.9 Å². The van der Waals surface area contributed by atoms with Crippen LogP contribution in [0.1, 0.15) is 24.1 Å². The number of hydrogen-bond donors (Lipinski definition) is 2. The third-order valence-electron chi connectivity index (χ3n) is 3.53. The maximum atomic E-state index is 12.4. The van der Waals surface area contributed by atoms with Crippen LogP contribution < -0.4 is 5.73 Å². The SMILES string of the molecule is CN(Cc1cccs1)C(=O)C1(/C(N)=N/O)CCC1. The third-order valence-corrected chi connectivity index (χ3v) is 4.40. The molecule has 5 nitrogen and oxygen atoms in total. The highest BCUT2D eigenvalue weighted by Gasteiger charge is 2.49. The van der Waals surface area contributed by atoms with Crippen molar-refractivity contribution in [2.75, 3.05) is 7.05 Å². The van der Waals surface area contributed by atoms with E-state index in [2.05, 4.69) is 5.16 Å². The van der Waals surface area contributed by atoms with Crippen LogP contribution in [-0.2, 0) is 11.3 Å². The zero-order valence-electron chi connectivity index (χ0n) is 10.3. The number of carbonyl (C=O) groups excluding carboxylic acids is 1. The number of amidine groups is 1. The second-order valence-corrected chi connectivity index (χ2v) is 5.69. The number of thiophene rings is 1. The first-order chi connectivity index (χ1) is 8.60. The highest BCUT2D eigenvalue weighted by Crippen LogP contribution is 2.42. The first kappa shape index (κ1) is 12.9. The molecule has 1 aliphatic rings. The molecule has 0 aromatic carbocycles. The van der Waals surface area contributed by atoms with E-state index in [1.807, 2.05) is 17.5 Å². The largest absolute Gasteiger partial charge is 0.409 e. The van der Waals surface area contributed by atoms with Gasteiger partial charge >= 0.3 is 0 Å². The van der Waals surface area contributed by atoms with E-state index in [-0.39, 0.29) is 11.7 Å². The van der Waals surface area contributed by atoms with E-state index in [0.717, 1.165) is 11.3 Å². The van der Waals surface area contributed by atoms with Crippen LogP contribution in [0, 0.1) is 5.41 Å². The van der Waals surface area contributed by atoms with Gasteiger partial charge in [0.1, 0.15) is 5.41 Å². The summed E-state index contributed by atoms with van der Waals surface area (Å²) in [5.41, 5.74) is 4.90. The summed E-state index contributed by atoms with van der Waals surface area (Å²) in [5, 5.41) is 13.8. The molecule has 1 saturated carbocycles. The van der Waals surface area contributed by atoms with Crippen LogP contribution in [-0.4, -0.2) is 28.9 Å². The van der Waals surface area contributed by atoms with E-state index in [9.17, 15) is 4.79 Å². The average Bonchev–Trinajstić information content (AvgIpc) is 2.79. The van der Waals surface area contributed by atoms with Crippen LogP contribution in [0.5, 0.6) is 0 Å². The molecule has 0 aliphatic heterocycles. The lowest BCUT2D eigenvalue weighted by molar-refractivity contribution is -0.141. The van der Waals surface area contributed by atoms with Gasteiger partial charge in [0, 0.05) is 11.9 Å². The Hall–Kier alpha value is -1.56. The molecule has 0 spiro atoms. The van der Waals surface area contributed by atoms with Gasteiger partial charge in [0.05, 0.1) is 6.54 Å². The van der Waals surface area contributed by atoms with Crippen molar-refractivity contribution in [3.63, 3.8) is 0 Å². The Balaban J connectivity index is 2.10. The number of hydrogen-bond acceptors (Lipinski definition) is 4. The van der Waals surface area contributed by atoms with Crippen molar-refractivity contribution in [2.24, 2.45) is 16.3 Å². The van der Waals surface area contributed by atoms with Crippen molar-refractivity contribution in [2.45, 2.75) is 25.8 Å². The fraction of sp³-hybridized carbons (Fsp3) is 0.500. The van der Waals surface area contributed by atoms with Crippen LogP contribution >= 0.6 is 11.3 Å². The van der Waals surface area contributed by atoms with Crippen molar-refractivity contribution in [1.82, 2.24) is 4.90 Å². The summed E-state index contributed by atoms with van der Waals surface area (Å²) in [5.74, 6) is -0.0192. The molecule has 2 rings (SSSR count). The summed E-state index contributed by atoms with van der Waals surface area (Å²) in [6, 6.07) is 3.95. The lowest BCUT2D eigenvalue weighted by atomic mass is 9.67.